The van der Waals surface area contributed by atoms with Gasteiger partial charge in [-0.25, -0.2) is 4.39 Å². The second kappa shape index (κ2) is 6.59. The highest BCUT2D eigenvalue weighted by Gasteiger charge is 2.26. The lowest BCUT2D eigenvalue weighted by atomic mass is 10.1. The van der Waals surface area contributed by atoms with E-state index < -0.39 is 11.4 Å². The lowest BCUT2D eigenvalue weighted by Gasteiger charge is -2.26. The molecule has 0 saturated heterocycles. The number of ether oxygens (including phenoxy) is 3. The number of carbonyl (C=O) groups is 1. The van der Waals surface area contributed by atoms with Crippen LogP contribution >= 0.6 is 0 Å². The van der Waals surface area contributed by atoms with Crippen molar-refractivity contribution in [2.75, 3.05) is 7.11 Å². The smallest absolute Gasteiger partial charge is 0.310 e. The zero-order valence-corrected chi connectivity index (χ0v) is 12.5. The maximum Gasteiger partial charge on any atom is 0.310 e. The molecule has 0 saturated carbocycles. The highest BCUT2D eigenvalue weighted by molar-refractivity contribution is 5.70. The third-order valence-corrected chi connectivity index (χ3v) is 2.45. The van der Waals surface area contributed by atoms with Crippen LogP contribution in [0.25, 0.3) is 0 Å². The molecule has 5 heteroatoms. The Bertz CT molecular complexity index is 469. The average Bonchev–Trinajstić information content (AvgIpc) is 2.29. The summed E-state index contributed by atoms with van der Waals surface area (Å²) in [5.41, 5.74) is -0.755. The lowest BCUT2D eigenvalue weighted by molar-refractivity contribution is -0.151. The van der Waals surface area contributed by atoms with E-state index in [1.54, 1.807) is 27.7 Å². The Morgan fingerprint density at radius 1 is 1.35 bits per heavy atom. The van der Waals surface area contributed by atoms with Gasteiger partial charge >= 0.3 is 5.97 Å². The summed E-state index contributed by atoms with van der Waals surface area (Å²) in [5.74, 6) is -0.260. The maximum atomic E-state index is 13.3. The summed E-state index contributed by atoms with van der Waals surface area (Å²) >= 11 is 0. The van der Waals surface area contributed by atoms with Gasteiger partial charge in [0.1, 0.15) is 11.4 Å². The Labute approximate surface area is 118 Å². The van der Waals surface area contributed by atoms with Crippen LogP contribution in [0.15, 0.2) is 18.2 Å². The first-order valence-corrected chi connectivity index (χ1v) is 6.45. The minimum atomic E-state index is -0.755. The van der Waals surface area contributed by atoms with E-state index in [0.717, 1.165) is 0 Å². The van der Waals surface area contributed by atoms with Gasteiger partial charge in [0.25, 0.3) is 0 Å². The van der Waals surface area contributed by atoms with Crippen molar-refractivity contribution in [3.05, 3.63) is 24.0 Å². The Balaban J connectivity index is 2.72. The molecule has 0 aromatic heterocycles. The van der Waals surface area contributed by atoms with Crippen molar-refractivity contribution in [1.29, 1.82) is 0 Å². The van der Waals surface area contributed by atoms with Crippen molar-refractivity contribution in [1.82, 2.24) is 0 Å². The molecular formula is C15H21FO4. The summed E-state index contributed by atoms with van der Waals surface area (Å²) in [6.07, 6.45) is -0.0607. The quantitative estimate of drug-likeness (QED) is 0.752. The number of halogens is 1. The molecule has 0 unspecified atom stereocenters. The molecule has 0 aliphatic rings. The van der Waals surface area contributed by atoms with Gasteiger partial charge in [-0.05, 0) is 39.8 Å². The van der Waals surface area contributed by atoms with Crippen molar-refractivity contribution in [2.24, 2.45) is 0 Å². The van der Waals surface area contributed by atoms with Gasteiger partial charge < -0.3 is 14.2 Å². The molecule has 0 N–H and O–H groups in total. The predicted molar refractivity (Wildman–Crippen MR) is 73.5 cm³/mol. The van der Waals surface area contributed by atoms with Gasteiger partial charge in [0.2, 0.25) is 0 Å². The first-order chi connectivity index (χ1) is 9.23. The fraction of sp³-hybridized carbons (Fsp3) is 0.533. The van der Waals surface area contributed by atoms with Crippen LogP contribution in [0.2, 0.25) is 0 Å². The van der Waals surface area contributed by atoms with Crippen molar-refractivity contribution in [3.8, 4) is 11.5 Å². The fourth-order valence-corrected chi connectivity index (χ4v) is 1.71. The Morgan fingerprint density at radius 2 is 2.00 bits per heavy atom. The van der Waals surface area contributed by atoms with Crippen LogP contribution in [0.3, 0.4) is 0 Å². The summed E-state index contributed by atoms with van der Waals surface area (Å²) in [7, 11) is 1.38. The van der Waals surface area contributed by atoms with E-state index in [1.807, 2.05) is 0 Å². The van der Waals surface area contributed by atoms with Crippen LogP contribution < -0.4 is 9.47 Å². The van der Waals surface area contributed by atoms with E-state index in [2.05, 4.69) is 0 Å². The summed E-state index contributed by atoms with van der Waals surface area (Å²) in [5, 5.41) is 0. The zero-order valence-electron chi connectivity index (χ0n) is 12.5. The number of benzene rings is 1. The zero-order chi connectivity index (χ0) is 15.3. The first kappa shape index (κ1) is 16.3. The molecule has 0 aliphatic heterocycles. The lowest BCUT2D eigenvalue weighted by Crippen LogP contribution is -2.32. The molecule has 20 heavy (non-hydrogen) atoms. The molecule has 0 aliphatic carbocycles. The minimum absolute atomic E-state index is 0.100. The predicted octanol–water partition coefficient (Wildman–Crippen LogP) is 3.33. The molecule has 0 amide bonds. The van der Waals surface area contributed by atoms with Gasteiger partial charge in [-0.2, -0.15) is 0 Å². The van der Waals surface area contributed by atoms with Crippen LogP contribution in [0, 0.1) is 5.82 Å². The Hall–Kier alpha value is -1.78. The molecule has 0 fully saturated rings. The van der Waals surface area contributed by atoms with Gasteiger partial charge in [-0.15, -0.1) is 0 Å². The number of carbonyl (C=O) groups excluding carboxylic acids is 1. The van der Waals surface area contributed by atoms with E-state index >= 15 is 0 Å². The largest absolute Gasteiger partial charge is 0.494 e. The SMILES string of the molecule is COc1cc(OC(C)(C)CC(=O)OC(C)C)ccc1F. The second-order valence-electron chi connectivity index (χ2n) is 5.37. The van der Waals surface area contributed by atoms with Gasteiger partial charge in [0.15, 0.2) is 11.6 Å². The number of hydrogen-bond donors (Lipinski definition) is 0. The summed E-state index contributed by atoms with van der Waals surface area (Å²) in [6.45, 7) is 7.11. The fourth-order valence-electron chi connectivity index (χ4n) is 1.71. The number of esters is 1. The van der Waals surface area contributed by atoms with E-state index in [-0.39, 0.29) is 24.2 Å². The molecule has 1 rings (SSSR count). The normalized spacial score (nSPS) is 11.3. The third kappa shape index (κ3) is 5.07. The number of hydrogen-bond acceptors (Lipinski definition) is 4. The van der Waals surface area contributed by atoms with Crippen LogP contribution in [-0.4, -0.2) is 24.8 Å². The van der Waals surface area contributed by atoms with Crippen molar-refractivity contribution < 1.29 is 23.4 Å². The van der Waals surface area contributed by atoms with Crippen LogP contribution in [-0.2, 0) is 9.53 Å². The molecule has 1 aromatic carbocycles. The second-order valence-corrected chi connectivity index (χ2v) is 5.37. The summed E-state index contributed by atoms with van der Waals surface area (Å²) in [6, 6.07) is 4.20. The van der Waals surface area contributed by atoms with Crippen LogP contribution in [0.1, 0.15) is 34.1 Å². The van der Waals surface area contributed by atoms with Crippen LogP contribution in [0.4, 0.5) is 4.39 Å². The van der Waals surface area contributed by atoms with E-state index in [0.29, 0.717) is 5.75 Å². The molecular weight excluding hydrogens is 263 g/mol. The molecule has 1 aromatic rings. The van der Waals surface area contributed by atoms with E-state index in [4.69, 9.17) is 14.2 Å². The van der Waals surface area contributed by atoms with Crippen LogP contribution in [0.5, 0.6) is 11.5 Å². The number of methoxy groups -OCH3 is 1. The van der Waals surface area contributed by atoms with Gasteiger partial charge in [-0.3, -0.25) is 4.79 Å². The average molecular weight is 284 g/mol. The molecule has 112 valence electrons. The minimum Gasteiger partial charge on any atom is -0.494 e. The Kier molecular flexibility index (Phi) is 5.36. The van der Waals surface area contributed by atoms with Gasteiger partial charge in [0.05, 0.1) is 19.6 Å². The summed E-state index contributed by atoms with van der Waals surface area (Å²) in [4.78, 5) is 11.6. The standard InChI is InChI=1S/C15H21FO4/c1-10(2)19-14(17)9-15(3,4)20-11-6-7-12(16)13(8-11)18-5/h6-8,10H,9H2,1-5H3. The van der Waals surface area contributed by atoms with E-state index in [1.165, 1.54) is 25.3 Å². The maximum absolute atomic E-state index is 13.3. The van der Waals surface area contributed by atoms with Crippen molar-refractivity contribution >= 4 is 5.97 Å². The highest BCUT2D eigenvalue weighted by Crippen LogP contribution is 2.27. The molecule has 0 heterocycles. The molecule has 0 radical (unpaired) electrons. The van der Waals surface area contributed by atoms with Gasteiger partial charge in [-0.1, -0.05) is 0 Å². The van der Waals surface area contributed by atoms with E-state index in [9.17, 15) is 9.18 Å². The number of rotatable bonds is 6. The molecule has 0 bridgehead atoms. The molecule has 0 atom stereocenters. The van der Waals surface area contributed by atoms with Crippen molar-refractivity contribution in [3.63, 3.8) is 0 Å². The highest BCUT2D eigenvalue weighted by atomic mass is 19.1. The first-order valence-electron chi connectivity index (χ1n) is 6.45. The third-order valence-electron chi connectivity index (χ3n) is 2.45. The topological polar surface area (TPSA) is 44.8 Å². The Morgan fingerprint density at radius 3 is 2.55 bits per heavy atom. The molecule has 0 spiro atoms. The molecule has 4 nitrogen and oxygen atoms in total. The van der Waals surface area contributed by atoms with Gasteiger partial charge in [0, 0.05) is 6.07 Å². The monoisotopic (exact) mass is 284 g/mol. The van der Waals surface area contributed by atoms with Crippen molar-refractivity contribution in [2.45, 2.75) is 45.8 Å². The summed E-state index contributed by atoms with van der Waals surface area (Å²) < 4.78 is 29.0.